The third kappa shape index (κ3) is 3.88. The summed E-state index contributed by atoms with van der Waals surface area (Å²) in [4.78, 5) is 0. The first-order chi connectivity index (χ1) is 6.24. The molecule has 3 atom stereocenters. The Labute approximate surface area is 85.8 Å². The predicted molar refractivity (Wildman–Crippen MR) is 59.4 cm³/mol. The summed E-state index contributed by atoms with van der Waals surface area (Å²) in [5.41, 5.74) is 0. The Morgan fingerprint density at radius 1 is 1.62 bits per heavy atom. The van der Waals surface area contributed by atoms with Crippen molar-refractivity contribution in [3.63, 3.8) is 0 Å². The van der Waals surface area contributed by atoms with E-state index in [0.29, 0.717) is 12.1 Å². The number of rotatable bonds is 5. The molecule has 0 radical (unpaired) electrons. The molecule has 0 amide bonds. The van der Waals surface area contributed by atoms with Crippen molar-refractivity contribution in [3.8, 4) is 0 Å². The molecule has 0 saturated carbocycles. The molecule has 0 bridgehead atoms. The van der Waals surface area contributed by atoms with Crippen molar-refractivity contribution in [3.05, 3.63) is 0 Å². The lowest BCUT2D eigenvalue weighted by atomic mass is 10.1. The highest BCUT2D eigenvalue weighted by Gasteiger charge is 2.24. The molecule has 0 aromatic heterocycles. The standard InChI is InChI=1S/C10H21NOS/c1-4-12-7-8(2)11-10-5-6-13-9(10)3/h8-11H,4-7H2,1-3H3. The molecule has 3 unspecified atom stereocenters. The van der Waals surface area contributed by atoms with Crippen molar-refractivity contribution in [1.82, 2.24) is 5.32 Å². The van der Waals surface area contributed by atoms with Crippen LogP contribution in [0.2, 0.25) is 0 Å². The molecule has 1 rings (SSSR count). The molecule has 1 saturated heterocycles. The van der Waals surface area contributed by atoms with Crippen LogP contribution < -0.4 is 5.32 Å². The number of thioether (sulfide) groups is 1. The van der Waals surface area contributed by atoms with E-state index in [-0.39, 0.29) is 0 Å². The predicted octanol–water partition coefficient (Wildman–Crippen LogP) is 1.90. The topological polar surface area (TPSA) is 21.3 Å². The summed E-state index contributed by atoms with van der Waals surface area (Å²) in [6.45, 7) is 8.21. The normalized spacial score (nSPS) is 30.7. The maximum Gasteiger partial charge on any atom is 0.0616 e. The van der Waals surface area contributed by atoms with Gasteiger partial charge in [-0.2, -0.15) is 11.8 Å². The summed E-state index contributed by atoms with van der Waals surface area (Å²) >= 11 is 2.07. The lowest BCUT2D eigenvalue weighted by Gasteiger charge is -2.21. The fourth-order valence-corrected chi connectivity index (χ4v) is 2.87. The van der Waals surface area contributed by atoms with E-state index >= 15 is 0 Å². The van der Waals surface area contributed by atoms with Gasteiger partial charge in [-0.15, -0.1) is 0 Å². The lowest BCUT2D eigenvalue weighted by Crippen LogP contribution is -2.41. The third-order valence-electron chi connectivity index (χ3n) is 2.45. The van der Waals surface area contributed by atoms with Crippen LogP contribution in [0.3, 0.4) is 0 Å². The fraction of sp³-hybridized carbons (Fsp3) is 1.00. The summed E-state index contributed by atoms with van der Waals surface area (Å²) < 4.78 is 5.37. The average Bonchev–Trinajstić information content (AvgIpc) is 2.48. The summed E-state index contributed by atoms with van der Waals surface area (Å²) in [5.74, 6) is 1.31. The van der Waals surface area contributed by atoms with Gasteiger partial charge in [0.15, 0.2) is 0 Å². The van der Waals surface area contributed by atoms with Crippen LogP contribution in [0.25, 0.3) is 0 Å². The Balaban J connectivity index is 2.15. The molecule has 3 heteroatoms. The van der Waals surface area contributed by atoms with Gasteiger partial charge in [-0.1, -0.05) is 6.92 Å². The van der Waals surface area contributed by atoms with Crippen LogP contribution in [0.5, 0.6) is 0 Å². The summed E-state index contributed by atoms with van der Waals surface area (Å²) in [5, 5.41) is 4.39. The zero-order valence-electron chi connectivity index (χ0n) is 8.88. The van der Waals surface area contributed by atoms with E-state index in [4.69, 9.17) is 4.74 Å². The molecule has 1 N–H and O–H groups in total. The molecule has 2 nitrogen and oxygen atoms in total. The first-order valence-electron chi connectivity index (χ1n) is 5.19. The molecule has 13 heavy (non-hydrogen) atoms. The minimum Gasteiger partial charge on any atom is -0.380 e. The number of hydrogen-bond donors (Lipinski definition) is 1. The highest BCUT2D eigenvalue weighted by molar-refractivity contribution is 8.00. The molecular weight excluding hydrogens is 182 g/mol. The molecule has 0 aromatic rings. The molecule has 0 aliphatic carbocycles. The van der Waals surface area contributed by atoms with E-state index in [1.54, 1.807) is 0 Å². The maximum atomic E-state index is 5.37. The molecular formula is C10H21NOS. The van der Waals surface area contributed by atoms with Crippen molar-refractivity contribution in [2.45, 2.75) is 44.5 Å². The highest BCUT2D eigenvalue weighted by Crippen LogP contribution is 2.26. The molecule has 78 valence electrons. The quantitative estimate of drug-likeness (QED) is 0.737. The molecule has 1 heterocycles. The Morgan fingerprint density at radius 3 is 2.92 bits per heavy atom. The van der Waals surface area contributed by atoms with Crippen LogP contribution in [0.1, 0.15) is 27.2 Å². The van der Waals surface area contributed by atoms with Crippen LogP contribution in [-0.4, -0.2) is 36.3 Å². The van der Waals surface area contributed by atoms with Gasteiger partial charge in [0.05, 0.1) is 6.61 Å². The first kappa shape index (κ1) is 11.3. The summed E-state index contributed by atoms with van der Waals surface area (Å²) in [6.07, 6.45) is 1.31. The monoisotopic (exact) mass is 203 g/mol. The smallest absolute Gasteiger partial charge is 0.0616 e. The fourth-order valence-electron chi connectivity index (χ4n) is 1.66. The van der Waals surface area contributed by atoms with E-state index in [1.807, 2.05) is 6.92 Å². The number of nitrogens with one attached hydrogen (secondary N) is 1. The van der Waals surface area contributed by atoms with Crippen LogP contribution in [0.15, 0.2) is 0 Å². The second kappa shape index (κ2) is 5.89. The van der Waals surface area contributed by atoms with E-state index in [2.05, 4.69) is 30.9 Å². The zero-order chi connectivity index (χ0) is 9.68. The van der Waals surface area contributed by atoms with Gasteiger partial charge in [-0.3, -0.25) is 0 Å². The number of hydrogen-bond acceptors (Lipinski definition) is 3. The SMILES string of the molecule is CCOCC(C)NC1CCSC1C. The molecule has 0 spiro atoms. The summed E-state index contributed by atoms with van der Waals surface area (Å²) in [6, 6.07) is 1.19. The van der Waals surface area contributed by atoms with Gasteiger partial charge >= 0.3 is 0 Å². The van der Waals surface area contributed by atoms with Crippen LogP contribution in [0, 0.1) is 0 Å². The van der Waals surface area contributed by atoms with Gasteiger partial charge in [-0.25, -0.2) is 0 Å². The Hall–Kier alpha value is 0.270. The van der Waals surface area contributed by atoms with Gasteiger partial charge in [0.25, 0.3) is 0 Å². The van der Waals surface area contributed by atoms with Crippen LogP contribution in [0.4, 0.5) is 0 Å². The Kier molecular flexibility index (Phi) is 5.14. The Bertz CT molecular complexity index is 143. The first-order valence-corrected chi connectivity index (χ1v) is 6.24. The summed E-state index contributed by atoms with van der Waals surface area (Å²) in [7, 11) is 0. The minimum absolute atomic E-state index is 0.492. The second-order valence-corrected chi connectivity index (χ2v) is 5.18. The van der Waals surface area contributed by atoms with E-state index in [1.165, 1.54) is 12.2 Å². The zero-order valence-corrected chi connectivity index (χ0v) is 9.69. The highest BCUT2D eigenvalue weighted by atomic mass is 32.2. The van der Waals surface area contributed by atoms with E-state index in [9.17, 15) is 0 Å². The third-order valence-corrected chi connectivity index (χ3v) is 3.77. The molecule has 1 aliphatic rings. The van der Waals surface area contributed by atoms with Crippen molar-refractivity contribution >= 4 is 11.8 Å². The van der Waals surface area contributed by atoms with E-state index in [0.717, 1.165) is 18.5 Å². The molecule has 1 aliphatic heterocycles. The largest absolute Gasteiger partial charge is 0.380 e. The van der Waals surface area contributed by atoms with Crippen LogP contribution >= 0.6 is 11.8 Å². The van der Waals surface area contributed by atoms with Crippen molar-refractivity contribution < 1.29 is 4.74 Å². The van der Waals surface area contributed by atoms with Gasteiger partial charge in [0, 0.05) is 23.9 Å². The van der Waals surface area contributed by atoms with Gasteiger partial charge in [0.2, 0.25) is 0 Å². The lowest BCUT2D eigenvalue weighted by molar-refractivity contribution is 0.123. The molecule has 0 aromatic carbocycles. The minimum atomic E-state index is 0.492. The van der Waals surface area contributed by atoms with Crippen molar-refractivity contribution in [2.75, 3.05) is 19.0 Å². The molecule has 1 fully saturated rings. The van der Waals surface area contributed by atoms with Gasteiger partial charge in [-0.05, 0) is 26.0 Å². The maximum absolute atomic E-state index is 5.37. The van der Waals surface area contributed by atoms with Crippen molar-refractivity contribution in [2.24, 2.45) is 0 Å². The Morgan fingerprint density at radius 2 is 2.38 bits per heavy atom. The van der Waals surface area contributed by atoms with E-state index < -0.39 is 0 Å². The van der Waals surface area contributed by atoms with Gasteiger partial charge < -0.3 is 10.1 Å². The van der Waals surface area contributed by atoms with Gasteiger partial charge in [0.1, 0.15) is 0 Å². The van der Waals surface area contributed by atoms with Crippen LogP contribution in [-0.2, 0) is 4.74 Å². The number of ether oxygens (including phenoxy) is 1. The second-order valence-electron chi connectivity index (χ2n) is 3.70. The average molecular weight is 203 g/mol. The van der Waals surface area contributed by atoms with Crippen molar-refractivity contribution in [1.29, 1.82) is 0 Å².